The van der Waals surface area contributed by atoms with Gasteiger partial charge in [-0.05, 0) is 0 Å². The number of hydrogen-bond donors (Lipinski definition) is 0. The van der Waals surface area contributed by atoms with Gasteiger partial charge in [-0.25, -0.2) is 0 Å². The average molecular weight is 355 g/mol. The van der Waals surface area contributed by atoms with Crippen LogP contribution >= 0.6 is 0 Å². The van der Waals surface area contributed by atoms with Gasteiger partial charge in [-0.15, -0.1) is 0 Å². The van der Waals surface area contributed by atoms with Crippen molar-refractivity contribution in [3.8, 4) is 0 Å². The summed E-state index contributed by atoms with van der Waals surface area (Å²) in [5.74, 6) is -2.90. The zero-order valence-corrected chi connectivity index (χ0v) is 17.5. The third-order valence-corrected chi connectivity index (χ3v) is 1.39. The van der Waals surface area contributed by atoms with E-state index < -0.39 is 23.9 Å². The van der Waals surface area contributed by atoms with Gasteiger partial charge in [-0.3, -0.25) is 19.2 Å². The van der Waals surface area contributed by atoms with Crippen molar-refractivity contribution in [2.45, 2.75) is 27.7 Å². The van der Waals surface area contributed by atoms with E-state index in [1.165, 1.54) is 0 Å². The molecule has 117 valence electrons. The zero-order chi connectivity index (χ0) is 15.7. The number of hydrogen-bond acceptors (Lipinski definition) is 10. The molecule has 0 amide bonds. The van der Waals surface area contributed by atoms with Crippen molar-refractivity contribution in [3.63, 3.8) is 0 Å². The normalized spacial score (nSPS) is 9.18. The molecular formula is C10H16CaN2NaO8. The Hall–Kier alpha value is 0.0597. The van der Waals surface area contributed by atoms with Crippen molar-refractivity contribution >= 4 is 91.2 Å². The molecule has 0 rings (SSSR count). The molecule has 10 nitrogen and oxygen atoms in total. The molecule has 12 heteroatoms. The van der Waals surface area contributed by atoms with Gasteiger partial charge < -0.3 is 19.4 Å². The predicted octanol–water partition coefficient (Wildman–Crippen LogP) is -1.26. The molecule has 3 radical (unpaired) electrons. The van der Waals surface area contributed by atoms with Crippen LogP contribution in [0.15, 0.2) is 0 Å². The maximum Gasteiger partial charge on any atom is 0.326 e. The minimum Gasteiger partial charge on any atom is -0.333 e. The van der Waals surface area contributed by atoms with Gasteiger partial charge >= 0.3 is 23.9 Å². The summed E-state index contributed by atoms with van der Waals surface area (Å²) >= 11 is 0. The van der Waals surface area contributed by atoms with Gasteiger partial charge in [0, 0.05) is 105 Å². The van der Waals surface area contributed by atoms with Gasteiger partial charge in [0.15, 0.2) is 0 Å². The monoisotopic (exact) mass is 355 g/mol. The first kappa shape index (κ1) is 26.9. The number of carbonyl (C=O) groups excluding carboxylic acids is 4. The number of hydroxylamine groups is 4. The van der Waals surface area contributed by atoms with Crippen LogP contribution < -0.4 is 0 Å². The Morgan fingerprint density at radius 1 is 0.636 bits per heavy atom. The summed E-state index contributed by atoms with van der Waals surface area (Å²) in [4.78, 5) is 61.4. The van der Waals surface area contributed by atoms with Crippen LogP contribution in [0, 0.1) is 0 Å². The molecule has 0 aromatic rings. The Labute approximate surface area is 179 Å². The van der Waals surface area contributed by atoms with Crippen LogP contribution in [-0.2, 0) is 38.5 Å². The molecular weight excluding hydrogens is 339 g/mol. The van der Waals surface area contributed by atoms with Crippen LogP contribution in [0.1, 0.15) is 27.7 Å². The molecule has 0 N–H and O–H groups in total. The van der Waals surface area contributed by atoms with E-state index in [4.69, 9.17) is 0 Å². The van der Waals surface area contributed by atoms with Crippen LogP contribution in [0.3, 0.4) is 0 Å². The van der Waals surface area contributed by atoms with E-state index in [0.717, 1.165) is 27.7 Å². The molecule has 0 aliphatic carbocycles. The Morgan fingerprint density at radius 2 is 0.818 bits per heavy atom. The fourth-order valence-corrected chi connectivity index (χ4v) is 0.957. The van der Waals surface area contributed by atoms with Crippen LogP contribution in [0.5, 0.6) is 0 Å². The molecule has 0 saturated heterocycles. The van der Waals surface area contributed by atoms with Gasteiger partial charge in [0.1, 0.15) is 0 Å². The summed E-state index contributed by atoms with van der Waals surface area (Å²) in [6.07, 6.45) is 0. The number of nitrogens with zero attached hydrogens (tertiary/aromatic N) is 2. The molecule has 0 aromatic heterocycles. The van der Waals surface area contributed by atoms with Crippen molar-refractivity contribution in [3.05, 3.63) is 0 Å². The van der Waals surface area contributed by atoms with Crippen LogP contribution in [0.4, 0.5) is 0 Å². The second kappa shape index (κ2) is 14.6. The van der Waals surface area contributed by atoms with E-state index in [0.29, 0.717) is 10.5 Å². The molecule has 0 fully saturated rings. The molecule has 0 atom stereocenters. The van der Waals surface area contributed by atoms with E-state index in [9.17, 15) is 19.2 Å². The van der Waals surface area contributed by atoms with Crippen molar-refractivity contribution in [1.29, 1.82) is 0 Å². The maximum absolute atomic E-state index is 10.8. The third-order valence-electron chi connectivity index (χ3n) is 1.39. The summed E-state index contributed by atoms with van der Waals surface area (Å²) in [6, 6.07) is 0. The third kappa shape index (κ3) is 16.4. The summed E-state index contributed by atoms with van der Waals surface area (Å²) in [5, 5.41) is 1.15. The molecule has 0 bridgehead atoms. The van der Waals surface area contributed by atoms with Gasteiger partial charge in [0.25, 0.3) is 0 Å². The fourth-order valence-electron chi connectivity index (χ4n) is 0.957. The minimum absolute atomic E-state index is 0. The van der Waals surface area contributed by atoms with Gasteiger partial charge in [-0.2, -0.15) is 0 Å². The average Bonchev–Trinajstić information content (AvgIpc) is 2.22. The van der Waals surface area contributed by atoms with Gasteiger partial charge in [-0.1, -0.05) is 0 Å². The Bertz CT molecular complexity index is 327. The molecule has 22 heavy (non-hydrogen) atoms. The summed E-state index contributed by atoms with van der Waals surface area (Å²) < 4.78 is 0. The Kier molecular flexibility index (Phi) is 17.9. The van der Waals surface area contributed by atoms with E-state index in [1.54, 1.807) is 0 Å². The van der Waals surface area contributed by atoms with Crippen molar-refractivity contribution in [2.75, 3.05) is 13.1 Å². The van der Waals surface area contributed by atoms with Gasteiger partial charge in [0.05, 0.1) is 13.1 Å². The topological polar surface area (TPSA) is 112 Å². The second-order valence-electron chi connectivity index (χ2n) is 3.44. The zero-order valence-electron chi connectivity index (χ0n) is 13.3. The summed E-state index contributed by atoms with van der Waals surface area (Å²) in [7, 11) is 0. The quantitative estimate of drug-likeness (QED) is 0.405. The number of carbonyl (C=O) groups is 4. The van der Waals surface area contributed by atoms with Crippen molar-refractivity contribution in [2.24, 2.45) is 0 Å². The molecule has 0 aromatic carbocycles. The van der Waals surface area contributed by atoms with Crippen LogP contribution in [-0.4, -0.2) is 115 Å². The van der Waals surface area contributed by atoms with Crippen LogP contribution in [0.2, 0.25) is 0 Å². The molecule has 0 aliphatic rings. The van der Waals surface area contributed by atoms with Crippen molar-refractivity contribution < 1.29 is 38.5 Å². The first-order valence-electron chi connectivity index (χ1n) is 5.50. The maximum atomic E-state index is 10.8. The molecule has 0 saturated carbocycles. The smallest absolute Gasteiger partial charge is 0.326 e. The van der Waals surface area contributed by atoms with E-state index >= 15 is 0 Å². The SMILES string of the molecule is CC(=O)ON(CCN(OC(C)=O)OC(C)=O)OC(C)=O.[Ca].[Na]. The second-order valence-corrected chi connectivity index (χ2v) is 3.44. The van der Waals surface area contributed by atoms with E-state index in [1.807, 2.05) is 0 Å². The molecule has 0 unspecified atom stereocenters. The molecule has 0 aliphatic heterocycles. The largest absolute Gasteiger partial charge is 0.333 e. The van der Waals surface area contributed by atoms with E-state index in [2.05, 4.69) is 19.4 Å². The van der Waals surface area contributed by atoms with Gasteiger partial charge in [0.2, 0.25) is 0 Å². The van der Waals surface area contributed by atoms with Crippen LogP contribution in [0.25, 0.3) is 0 Å². The first-order chi connectivity index (χ1) is 9.20. The Balaban J connectivity index is -0.00000180. The summed E-state index contributed by atoms with van der Waals surface area (Å²) in [6.45, 7) is 3.97. The summed E-state index contributed by atoms with van der Waals surface area (Å²) in [5.41, 5.74) is 0. The standard InChI is InChI=1S/C10H16N2O8.Ca.Na/c1-7(13)17-11(18-8(2)14)5-6-12(19-9(3)15)20-10(4)16;;/h5-6H2,1-4H3;;. The predicted molar refractivity (Wildman–Crippen MR) is 72.0 cm³/mol. The van der Waals surface area contributed by atoms with Crippen molar-refractivity contribution in [1.82, 2.24) is 10.5 Å². The van der Waals surface area contributed by atoms with E-state index in [-0.39, 0.29) is 80.4 Å². The Morgan fingerprint density at radius 3 is 0.955 bits per heavy atom. The molecule has 0 heterocycles. The first-order valence-corrected chi connectivity index (χ1v) is 5.50. The number of rotatable bonds is 7. The minimum atomic E-state index is -0.724. The molecule has 0 spiro atoms. The fraction of sp³-hybridized carbons (Fsp3) is 0.600.